The molecule has 0 saturated heterocycles. The predicted octanol–water partition coefficient (Wildman–Crippen LogP) is 1.83. The van der Waals surface area contributed by atoms with Gasteiger partial charge in [-0.2, -0.15) is 0 Å². The lowest BCUT2D eigenvalue weighted by Gasteiger charge is -2.23. The van der Waals surface area contributed by atoms with E-state index in [9.17, 15) is 14.7 Å². The first-order valence-corrected chi connectivity index (χ1v) is 6.85. The summed E-state index contributed by atoms with van der Waals surface area (Å²) in [6.07, 6.45) is 3.10. The first-order chi connectivity index (χ1) is 8.53. The van der Waals surface area contributed by atoms with E-state index >= 15 is 0 Å². The third kappa shape index (κ3) is 2.53. The molecule has 1 amide bonds. The number of hydrogen-bond donors (Lipinski definition) is 2. The fourth-order valence-electron chi connectivity index (χ4n) is 2.33. The van der Waals surface area contributed by atoms with Crippen molar-refractivity contribution in [1.29, 1.82) is 0 Å². The molecule has 98 valence electrons. The second-order valence-electron chi connectivity index (χ2n) is 4.73. The molecule has 1 aromatic rings. The maximum absolute atomic E-state index is 11.8. The van der Waals surface area contributed by atoms with Crippen LogP contribution in [0.1, 0.15) is 41.2 Å². The molecule has 2 N–H and O–H groups in total. The summed E-state index contributed by atoms with van der Waals surface area (Å²) >= 11 is 1.41. The van der Waals surface area contributed by atoms with E-state index in [0.717, 1.165) is 17.8 Å². The van der Waals surface area contributed by atoms with Gasteiger partial charge in [-0.25, -0.2) is 4.98 Å². The zero-order valence-corrected chi connectivity index (χ0v) is 11.0. The molecule has 0 bridgehead atoms. The van der Waals surface area contributed by atoms with Crippen molar-refractivity contribution in [2.75, 3.05) is 6.54 Å². The number of rotatable bonds is 4. The van der Waals surface area contributed by atoms with Crippen LogP contribution in [0.25, 0.3) is 0 Å². The molecule has 6 heteroatoms. The molecule has 1 heterocycles. The Morgan fingerprint density at radius 3 is 2.67 bits per heavy atom. The van der Waals surface area contributed by atoms with Crippen molar-refractivity contribution in [1.82, 2.24) is 10.3 Å². The van der Waals surface area contributed by atoms with E-state index in [0.29, 0.717) is 18.5 Å². The predicted molar refractivity (Wildman–Crippen MR) is 67.7 cm³/mol. The molecule has 1 fully saturated rings. The molecular weight excluding hydrogens is 252 g/mol. The number of carbonyl (C=O) groups excluding carboxylic acids is 1. The van der Waals surface area contributed by atoms with Gasteiger partial charge in [0.05, 0.1) is 10.4 Å². The number of carbonyl (C=O) groups is 2. The number of nitrogens with zero attached hydrogens (tertiary/aromatic N) is 1. The van der Waals surface area contributed by atoms with Gasteiger partial charge in [-0.05, 0) is 19.8 Å². The molecule has 1 saturated carbocycles. The first kappa shape index (κ1) is 13.0. The van der Waals surface area contributed by atoms with Crippen molar-refractivity contribution in [2.45, 2.75) is 32.6 Å². The Balaban J connectivity index is 1.98. The molecule has 2 rings (SSSR count). The standard InChI is InChI=1S/C12H16N2O3S/c1-8-14-9(6-18-8)10(15)13-7-12(11(16)17)4-2-3-5-12/h6H,2-5,7H2,1H3,(H,13,15)(H,16,17). The van der Waals surface area contributed by atoms with Crippen LogP contribution in [0.4, 0.5) is 0 Å². The minimum absolute atomic E-state index is 0.192. The van der Waals surface area contributed by atoms with Crippen molar-refractivity contribution in [2.24, 2.45) is 5.41 Å². The number of nitrogens with one attached hydrogen (secondary N) is 1. The van der Waals surface area contributed by atoms with Gasteiger partial charge in [-0.15, -0.1) is 11.3 Å². The first-order valence-electron chi connectivity index (χ1n) is 5.97. The number of aryl methyl sites for hydroxylation is 1. The van der Waals surface area contributed by atoms with Crippen LogP contribution in [-0.4, -0.2) is 28.5 Å². The molecule has 1 aliphatic carbocycles. The summed E-state index contributed by atoms with van der Waals surface area (Å²) in [5, 5.41) is 14.5. The van der Waals surface area contributed by atoms with Gasteiger partial charge in [0, 0.05) is 11.9 Å². The molecule has 1 aromatic heterocycles. The zero-order valence-electron chi connectivity index (χ0n) is 10.2. The van der Waals surface area contributed by atoms with E-state index < -0.39 is 11.4 Å². The third-order valence-corrected chi connectivity index (χ3v) is 4.23. The van der Waals surface area contributed by atoms with Crippen LogP contribution >= 0.6 is 11.3 Å². The maximum Gasteiger partial charge on any atom is 0.311 e. The zero-order chi connectivity index (χ0) is 13.2. The van der Waals surface area contributed by atoms with Gasteiger partial charge in [-0.1, -0.05) is 12.8 Å². The van der Waals surface area contributed by atoms with Crippen molar-refractivity contribution < 1.29 is 14.7 Å². The quantitative estimate of drug-likeness (QED) is 0.873. The van der Waals surface area contributed by atoms with E-state index in [-0.39, 0.29) is 12.5 Å². The average Bonchev–Trinajstić information content (AvgIpc) is 2.95. The molecule has 0 aliphatic heterocycles. The van der Waals surface area contributed by atoms with E-state index in [1.165, 1.54) is 11.3 Å². The SMILES string of the molecule is Cc1nc(C(=O)NCC2(C(=O)O)CCCC2)cs1. The lowest BCUT2D eigenvalue weighted by atomic mass is 9.86. The Morgan fingerprint density at radius 2 is 2.17 bits per heavy atom. The van der Waals surface area contributed by atoms with Gasteiger partial charge in [0.15, 0.2) is 0 Å². The summed E-state index contributed by atoms with van der Waals surface area (Å²) in [4.78, 5) is 27.2. The number of carboxylic acids is 1. The van der Waals surface area contributed by atoms with Crippen molar-refractivity contribution in [3.63, 3.8) is 0 Å². The van der Waals surface area contributed by atoms with Crippen LogP contribution in [0.5, 0.6) is 0 Å². The van der Waals surface area contributed by atoms with E-state index in [2.05, 4.69) is 10.3 Å². The van der Waals surface area contributed by atoms with E-state index in [4.69, 9.17) is 0 Å². The van der Waals surface area contributed by atoms with Crippen LogP contribution in [0, 0.1) is 12.3 Å². The summed E-state index contributed by atoms with van der Waals surface area (Å²) < 4.78 is 0. The third-order valence-electron chi connectivity index (χ3n) is 3.45. The Hall–Kier alpha value is -1.43. The molecule has 1 aliphatic rings. The topological polar surface area (TPSA) is 79.3 Å². The number of aliphatic carboxylic acids is 1. The molecule has 0 atom stereocenters. The summed E-state index contributed by atoms with van der Waals surface area (Å²) in [5.74, 6) is -1.10. The summed E-state index contributed by atoms with van der Waals surface area (Å²) in [6, 6.07) is 0. The van der Waals surface area contributed by atoms with Crippen molar-refractivity contribution in [3.8, 4) is 0 Å². The Morgan fingerprint density at radius 1 is 1.50 bits per heavy atom. The number of carboxylic acid groups (broad SMARTS) is 1. The average molecular weight is 268 g/mol. The molecular formula is C12H16N2O3S. The smallest absolute Gasteiger partial charge is 0.311 e. The number of thiazole rings is 1. The normalized spacial score (nSPS) is 17.6. The fourth-order valence-corrected chi connectivity index (χ4v) is 2.92. The van der Waals surface area contributed by atoms with Gasteiger partial charge in [0.1, 0.15) is 5.69 Å². The van der Waals surface area contributed by atoms with Gasteiger partial charge in [0.25, 0.3) is 5.91 Å². The largest absolute Gasteiger partial charge is 0.481 e. The van der Waals surface area contributed by atoms with Crippen LogP contribution < -0.4 is 5.32 Å². The molecule has 0 radical (unpaired) electrons. The fraction of sp³-hybridized carbons (Fsp3) is 0.583. The summed E-state index contributed by atoms with van der Waals surface area (Å²) in [5.41, 5.74) is -0.406. The van der Waals surface area contributed by atoms with Crippen LogP contribution in [-0.2, 0) is 4.79 Å². The highest BCUT2D eigenvalue weighted by atomic mass is 32.1. The van der Waals surface area contributed by atoms with E-state index in [1.54, 1.807) is 5.38 Å². The maximum atomic E-state index is 11.8. The van der Waals surface area contributed by atoms with Crippen LogP contribution in [0.3, 0.4) is 0 Å². The highest BCUT2D eigenvalue weighted by Crippen LogP contribution is 2.37. The molecule has 0 unspecified atom stereocenters. The number of hydrogen-bond acceptors (Lipinski definition) is 4. The van der Waals surface area contributed by atoms with Gasteiger partial charge in [-0.3, -0.25) is 9.59 Å². The van der Waals surface area contributed by atoms with Gasteiger partial charge in [0.2, 0.25) is 0 Å². The lowest BCUT2D eigenvalue weighted by Crippen LogP contribution is -2.41. The Labute approximate surface area is 109 Å². The minimum Gasteiger partial charge on any atom is -0.481 e. The minimum atomic E-state index is -0.810. The lowest BCUT2D eigenvalue weighted by molar-refractivity contribution is -0.148. The molecule has 0 aromatic carbocycles. The van der Waals surface area contributed by atoms with E-state index in [1.807, 2.05) is 6.92 Å². The van der Waals surface area contributed by atoms with Crippen LogP contribution in [0.2, 0.25) is 0 Å². The summed E-state index contributed by atoms with van der Waals surface area (Å²) in [7, 11) is 0. The monoisotopic (exact) mass is 268 g/mol. The number of amides is 1. The Bertz CT molecular complexity index is 464. The molecule has 5 nitrogen and oxygen atoms in total. The second-order valence-corrected chi connectivity index (χ2v) is 5.79. The highest BCUT2D eigenvalue weighted by molar-refractivity contribution is 7.09. The van der Waals surface area contributed by atoms with Gasteiger partial charge >= 0.3 is 5.97 Å². The Kier molecular flexibility index (Phi) is 3.65. The van der Waals surface area contributed by atoms with Gasteiger partial charge < -0.3 is 10.4 Å². The number of aromatic nitrogens is 1. The summed E-state index contributed by atoms with van der Waals surface area (Å²) in [6.45, 7) is 2.02. The van der Waals surface area contributed by atoms with Crippen molar-refractivity contribution >= 4 is 23.2 Å². The molecule has 0 spiro atoms. The van der Waals surface area contributed by atoms with Crippen molar-refractivity contribution in [3.05, 3.63) is 16.1 Å². The molecule has 18 heavy (non-hydrogen) atoms. The van der Waals surface area contributed by atoms with Crippen LogP contribution in [0.15, 0.2) is 5.38 Å². The highest BCUT2D eigenvalue weighted by Gasteiger charge is 2.41. The second kappa shape index (κ2) is 5.06.